The first-order chi connectivity index (χ1) is 8.21. The molecule has 0 aliphatic heterocycles. The number of carboxylic acids is 1. The lowest BCUT2D eigenvalue weighted by Crippen LogP contribution is -2.31. The van der Waals surface area contributed by atoms with Gasteiger partial charge in [-0.15, -0.1) is 0 Å². The molecule has 0 aliphatic rings. The van der Waals surface area contributed by atoms with Crippen LogP contribution in [0.1, 0.15) is 43.9 Å². The van der Waals surface area contributed by atoms with Crippen LogP contribution in [0.25, 0.3) is 0 Å². The van der Waals surface area contributed by atoms with Crippen LogP contribution in [-0.2, 0) is 10.2 Å². The molecule has 1 unspecified atom stereocenters. The number of nitrogens with zero attached hydrogens (tertiary/aromatic N) is 1. The zero-order valence-electron chi connectivity index (χ0n) is 11.0. The summed E-state index contributed by atoms with van der Waals surface area (Å²) in [4.78, 5) is 22.3. The second-order valence-corrected chi connectivity index (χ2v) is 5.28. The van der Waals surface area contributed by atoms with E-state index in [1.165, 1.54) is 6.92 Å². The molecule has 0 saturated heterocycles. The Bertz CT molecular complexity index is 445. The highest BCUT2D eigenvalue weighted by Gasteiger charge is 2.22. The molecule has 1 atom stereocenters. The van der Waals surface area contributed by atoms with Crippen molar-refractivity contribution >= 4 is 11.9 Å². The maximum Gasteiger partial charge on any atom is 0.308 e. The number of nitrogens with one attached hydrogen (secondary N) is 1. The summed E-state index contributed by atoms with van der Waals surface area (Å²) in [5.74, 6) is -1.41. The number of hydrogen-bond donors (Lipinski definition) is 2. The van der Waals surface area contributed by atoms with Gasteiger partial charge >= 0.3 is 5.97 Å². The zero-order valence-corrected chi connectivity index (χ0v) is 11.0. The summed E-state index contributed by atoms with van der Waals surface area (Å²) in [6.45, 7) is 7.42. The minimum atomic E-state index is -0.953. The molecule has 0 aromatic carbocycles. The molecule has 1 heterocycles. The summed E-state index contributed by atoms with van der Waals surface area (Å²) in [6, 6.07) is 1.57. The zero-order chi connectivity index (χ0) is 13.9. The second-order valence-electron chi connectivity index (χ2n) is 5.28. The molecule has 100 valence electrons. The third-order valence-electron chi connectivity index (χ3n) is 2.47. The molecule has 0 saturated carbocycles. The standard InChI is InChI=1S/C12H18N2O4/c1-7(11(16)17)6-13-10(15)8-5-9(18-14-8)12(2,3)4/h5,7H,6H2,1-4H3,(H,13,15)(H,16,17). The fraction of sp³-hybridized carbons (Fsp3) is 0.583. The highest BCUT2D eigenvalue weighted by Crippen LogP contribution is 2.22. The Morgan fingerprint density at radius 3 is 2.56 bits per heavy atom. The van der Waals surface area contributed by atoms with Gasteiger partial charge in [-0.1, -0.05) is 32.9 Å². The van der Waals surface area contributed by atoms with Gasteiger partial charge in [0.25, 0.3) is 5.91 Å². The van der Waals surface area contributed by atoms with Gasteiger partial charge < -0.3 is 14.9 Å². The fourth-order valence-electron chi connectivity index (χ4n) is 1.16. The van der Waals surface area contributed by atoms with E-state index in [0.717, 1.165) is 0 Å². The van der Waals surface area contributed by atoms with E-state index < -0.39 is 17.8 Å². The minimum absolute atomic E-state index is 0.0614. The number of hydrogen-bond acceptors (Lipinski definition) is 4. The molecule has 1 aromatic rings. The van der Waals surface area contributed by atoms with Crippen molar-refractivity contribution in [2.45, 2.75) is 33.1 Å². The Balaban J connectivity index is 2.63. The Kier molecular flexibility index (Phi) is 4.11. The maximum atomic E-state index is 11.7. The Labute approximate surface area is 105 Å². The molecule has 2 N–H and O–H groups in total. The molecule has 0 aliphatic carbocycles. The van der Waals surface area contributed by atoms with Crippen LogP contribution in [0.15, 0.2) is 10.6 Å². The van der Waals surface area contributed by atoms with Crippen LogP contribution >= 0.6 is 0 Å². The van der Waals surface area contributed by atoms with Crippen molar-refractivity contribution in [3.63, 3.8) is 0 Å². The normalized spacial score (nSPS) is 13.1. The van der Waals surface area contributed by atoms with Gasteiger partial charge in [0.15, 0.2) is 5.69 Å². The van der Waals surface area contributed by atoms with E-state index in [1.807, 2.05) is 20.8 Å². The van der Waals surface area contributed by atoms with Gasteiger partial charge in [-0.2, -0.15) is 0 Å². The second kappa shape index (κ2) is 5.20. The van der Waals surface area contributed by atoms with Crippen molar-refractivity contribution in [1.82, 2.24) is 10.5 Å². The number of rotatable bonds is 4. The summed E-state index contributed by atoms with van der Waals surface area (Å²) in [5, 5.41) is 14.9. The fourth-order valence-corrected chi connectivity index (χ4v) is 1.16. The van der Waals surface area contributed by atoms with Crippen LogP contribution in [0.2, 0.25) is 0 Å². The molecule has 0 fully saturated rings. The molecule has 1 rings (SSSR count). The lowest BCUT2D eigenvalue weighted by Gasteiger charge is -2.12. The molecule has 6 nitrogen and oxygen atoms in total. The quantitative estimate of drug-likeness (QED) is 0.847. The number of amides is 1. The van der Waals surface area contributed by atoms with Crippen molar-refractivity contribution in [3.8, 4) is 0 Å². The van der Waals surface area contributed by atoms with E-state index in [4.69, 9.17) is 9.63 Å². The maximum absolute atomic E-state index is 11.7. The van der Waals surface area contributed by atoms with E-state index in [9.17, 15) is 9.59 Å². The topological polar surface area (TPSA) is 92.4 Å². The molecule has 0 radical (unpaired) electrons. The predicted octanol–water partition coefficient (Wildman–Crippen LogP) is 1.42. The Morgan fingerprint density at radius 2 is 2.11 bits per heavy atom. The van der Waals surface area contributed by atoms with E-state index in [1.54, 1.807) is 6.07 Å². The minimum Gasteiger partial charge on any atom is -0.481 e. The molecular weight excluding hydrogens is 236 g/mol. The molecule has 0 spiro atoms. The van der Waals surface area contributed by atoms with E-state index in [-0.39, 0.29) is 17.7 Å². The van der Waals surface area contributed by atoms with Crippen LogP contribution < -0.4 is 5.32 Å². The summed E-state index contributed by atoms with van der Waals surface area (Å²) in [6.07, 6.45) is 0. The lowest BCUT2D eigenvalue weighted by atomic mass is 9.93. The summed E-state index contributed by atoms with van der Waals surface area (Å²) >= 11 is 0. The average Bonchev–Trinajstić information content (AvgIpc) is 2.73. The van der Waals surface area contributed by atoms with Crippen LogP contribution in [-0.4, -0.2) is 28.7 Å². The number of aliphatic carboxylic acids is 1. The summed E-state index contributed by atoms with van der Waals surface area (Å²) in [5.41, 5.74) is -0.0580. The van der Waals surface area contributed by atoms with E-state index in [0.29, 0.717) is 5.76 Å². The molecule has 6 heteroatoms. The number of carbonyl (C=O) groups excluding carboxylic acids is 1. The average molecular weight is 254 g/mol. The smallest absolute Gasteiger partial charge is 0.308 e. The Hall–Kier alpha value is -1.85. The van der Waals surface area contributed by atoms with Gasteiger partial charge in [-0.25, -0.2) is 0 Å². The van der Waals surface area contributed by atoms with Crippen molar-refractivity contribution in [2.24, 2.45) is 5.92 Å². The highest BCUT2D eigenvalue weighted by molar-refractivity contribution is 5.92. The van der Waals surface area contributed by atoms with Crippen LogP contribution in [0.5, 0.6) is 0 Å². The van der Waals surface area contributed by atoms with Gasteiger partial charge in [-0.3, -0.25) is 9.59 Å². The molecule has 18 heavy (non-hydrogen) atoms. The van der Waals surface area contributed by atoms with Gasteiger partial charge in [0.2, 0.25) is 0 Å². The third-order valence-corrected chi connectivity index (χ3v) is 2.47. The first kappa shape index (κ1) is 14.2. The van der Waals surface area contributed by atoms with Gasteiger partial charge in [0, 0.05) is 18.0 Å². The van der Waals surface area contributed by atoms with Crippen molar-refractivity contribution < 1.29 is 19.2 Å². The summed E-state index contributed by atoms with van der Waals surface area (Å²) in [7, 11) is 0. The van der Waals surface area contributed by atoms with Crippen LogP contribution in [0, 0.1) is 5.92 Å². The SMILES string of the molecule is CC(CNC(=O)c1cc(C(C)(C)C)on1)C(=O)O. The molecular formula is C12H18N2O4. The van der Waals surface area contributed by atoms with Crippen molar-refractivity contribution in [2.75, 3.05) is 6.54 Å². The first-order valence-corrected chi connectivity index (χ1v) is 5.70. The molecule has 1 amide bonds. The van der Waals surface area contributed by atoms with Crippen molar-refractivity contribution in [3.05, 3.63) is 17.5 Å². The third kappa shape index (κ3) is 3.58. The summed E-state index contributed by atoms with van der Waals surface area (Å²) < 4.78 is 5.08. The molecule has 0 bridgehead atoms. The number of carbonyl (C=O) groups is 2. The first-order valence-electron chi connectivity index (χ1n) is 5.70. The van der Waals surface area contributed by atoms with Crippen LogP contribution in [0.4, 0.5) is 0 Å². The van der Waals surface area contributed by atoms with Gasteiger partial charge in [0.05, 0.1) is 5.92 Å². The number of aromatic nitrogens is 1. The number of carboxylic acid groups (broad SMARTS) is 1. The monoisotopic (exact) mass is 254 g/mol. The lowest BCUT2D eigenvalue weighted by molar-refractivity contribution is -0.140. The van der Waals surface area contributed by atoms with Gasteiger partial charge in [0.1, 0.15) is 5.76 Å². The van der Waals surface area contributed by atoms with E-state index >= 15 is 0 Å². The van der Waals surface area contributed by atoms with E-state index in [2.05, 4.69) is 10.5 Å². The van der Waals surface area contributed by atoms with Crippen molar-refractivity contribution in [1.29, 1.82) is 0 Å². The highest BCUT2D eigenvalue weighted by atomic mass is 16.5. The van der Waals surface area contributed by atoms with Crippen LogP contribution in [0.3, 0.4) is 0 Å². The molecule has 1 aromatic heterocycles. The Morgan fingerprint density at radius 1 is 1.50 bits per heavy atom. The predicted molar refractivity (Wildman–Crippen MR) is 64.3 cm³/mol. The van der Waals surface area contributed by atoms with Gasteiger partial charge in [-0.05, 0) is 0 Å². The largest absolute Gasteiger partial charge is 0.481 e.